The van der Waals surface area contributed by atoms with Gasteiger partial charge in [0.25, 0.3) is 5.91 Å². The van der Waals surface area contributed by atoms with Crippen LogP contribution in [0.1, 0.15) is 27.9 Å². The topological polar surface area (TPSA) is 90.4 Å². The number of hydrogen-bond donors (Lipinski definition) is 1. The summed E-state index contributed by atoms with van der Waals surface area (Å²) in [5.41, 5.74) is 2.15. The van der Waals surface area contributed by atoms with E-state index in [9.17, 15) is 9.59 Å². The molecule has 0 spiro atoms. The number of thiazole rings is 1. The molecule has 3 rings (SSSR count). The summed E-state index contributed by atoms with van der Waals surface area (Å²) in [6.07, 6.45) is 0.736. The maximum atomic E-state index is 12.5. The minimum Gasteiger partial charge on any atom is -0.497 e. The summed E-state index contributed by atoms with van der Waals surface area (Å²) in [5.74, 6) is -0.206. The number of nitrogens with zero attached hydrogens (tertiary/aromatic N) is 2. The van der Waals surface area contributed by atoms with Gasteiger partial charge in [-0.25, -0.2) is 9.78 Å². The molecule has 0 saturated heterocycles. The molecular weight excluding hydrogens is 390 g/mol. The van der Waals surface area contributed by atoms with Gasteiger partial charge in [0.2, 0.25) is 0 Å². The third-order valence-corrected chi connectivity index (χ3v) is 5.30. The van der Waals surface area contributed by atoms with Crippen LogP contribution < -0.4 is 10.1 Å². The van der Waals surface area contributed by atoms with E-state index in [-0.39, 0.29) is 5.91 Å². The lowest BCUT2D eigenvalue weighted by Crippen LogP contribution is -2.35. The van der Waals surface area contributed by atoms with Crippen LogP contribution in [0.2, 0.25) is 0 Å². The lowest BCUT2D eigenvalue weighted by atomic mass is 10.2. The van der Waals surface area contributed by atoms with Gasteiger partial charge in [-0.1, -0.05) is 18.2 Å². The molecule has 2 aromatic heterocycles. The van der Waals surface area contributed by atoms with Crippen molar-refractivity contribution in [1.82, 2.24) is 15.3 Å². The Balaban J connectivity index is 1.58. The highest BCUT2D eigenvalue weighted by Crippen LogP contribution is 2.27. The van der Waals surface area contributed by atoms with E-state index in [1.807, 2.05) is 42.5 Å². The molecule has 3 aromatic rings. The van der Waals surface area contributed by atoms with Gasteiger partial charge in [-0.3, -0.25) is 9.78 Å². The van der Waals surface area contributed by atoms with Gasteiger partial charge in [0.15, 0.2) is 6.10 Å². The Bertz CT molecular complexity index is 987. The Morgan fingerprint density at radius 3 is 2.59 bits per heavy atom. The first-order valence-corrected chi connectivity index (χ1v) is 9.80. The second kappa shape index (κ2) is 9.29. The van der Waals surface area contributed by atoms with Gasteiger partial charge >= 0.3 is 5.97 Å². The van der Waals surface area contributed by atoms with Gasteiger partial charge in [-0.15, -0.1) is 11.3 Å². The van der Waals surface area contributed by atoms with Crippen LogP contribution >= 0.6 is 11.3 Å². The van der Waals surface area contributed by atoms with Gasteiger partial charge in [0, 0.05) is 12.7 Å². The fourth-order valence-electron chi connectivity index (χ4n) is 2.53. The summed E-state index contributed by atoms with van der Waals surface area (Å²) in [6, 6.07) is 12.8. The number of rotatable bonds is 7. The standard InChI is InChI=1S/C21H21N3O4S/c1-13-18(29-20(24-13)17-6-4-5-11-22-17)21(26)28-14(2)19(25)23-12-15-7-9-16(27-3)10-8-15/h4-11,14H,12H2,1-3H3,(H,23,25)/t14-/m0/s1. The highest BCUT2D eigenvalue weighted by Gasteiger charge is 2.23. The van der Waals surface area contributed by atoms with E-state index in [1.54, 1.807) is 20.2 Å². The predicted molar refractivity (Wildman–Crippen MR) is 110 cm³/mol. The lowest BCUT2D eigenvalue weighted by molar-refractivity contribution is -0.129. The summed E-state index contributed by atoms with van der Waals surface area (Å²) in [5, 5.41) is 3.39. The zero-order valence-corrected chi connectivity index (χ0v) is 17.2. The maximum Gasteiger partial charge on any atom is 0.351 e. The van der Waals surface area contributed by atoms with Crippen LogP contribution in [-0.4, -0.2) is 35.1 Å². The number of carbonyl (C=O) groups is 2. The lowest BCUT2D eigenvalue weighted by Gasteiger charge is -2.13. The Kier molecular flexibility index (Phi) is 6.56. The minimum atomic E-state index is -0.930. The van der Waals surface area contributed by atoms with Crippen molar-refractivity contribution in [2.45, 2.75) is 26.5 Å². The van der Waals surface area contributed by atoms with Crippen LogP contribution in [0.3, 0.4) is 0 Å². The molecule has 0 aliphatic rings. The van der Waals surface area contributed by atoms with Gasteiger partial charge < -0.3 is 14.8 Å². The molecule has 1 N–H and O–H groups in total. The number of pyridine rings is 1. The average Bonchev–Trinajstić information content (AvgIpc) is 3.14. The highest BCUT2D eigenvalue weighted by molar-refractivity contribution is 7.17. The van der Waals surface area contributed by atoms with E-state index in [1.165, 1.54) is 18.3 Å². The van der Waals surface area contributed by atoms with E-state index in [0.717, 1.165) is 11.3 Å². The fraction of sp³-hybridized carbons (Fsp3) is 0.238. The van der Waals surface area contributed by atoms with Crippen LogP contribution in [0.15, 0.2) is 48.7 Å². The first kappa shape index (κ1) is 20.5. The van der Waals surface area contributed by atoms with Gasteiger partial charge in [-0.05, 0) is 43.7 Å². The Hall–Kier alpha value is -3.26. The smallest absolute Gasteiger partial charge is 0.351 e. The zero-order valence-electron chi connectivity index (χ0n) is 16.3. The highest BCUT2D eigenvalue weighted by atomic mass is 32.1. The molecule has 7 nitrogen and oxygen atoms in total. The van der Waals surface area contributed by atoms with Crippen molar-refractivity contribution in [3.8, 4) is 16.5 Å². The van der Waals surface area contributed by atoms with Gasteiger partial charge in [0.05, 0.1) is 18.5 Å². The normalized spacial score (nSPS) is 11.6. The van der Waals surface area contributed by atoms with Crippen LogP contribution in [0.4, 0.5) is 0 Å². The monoisotopic (exact) mass is 411 g/mol. The maximum absolute atomic E-state index is 12.5. The molecule has 0 saturated carbocycles. The number of esters is 1. The number of benzene rings is 1. The number of amides is 1. The van der Waals surface area contributed by atoms with E-state index in [2.05, 4.69) is 15.3 Å². The molecule has 0 aliphatic heterocycles. The third kappa shape index (κ3) is 5.17. The molecule has 0 aliphatic carbocycles. The predicted octanol–water partition coefficient (Wildman–Crippen LogP) is 3.38. The van der Waals surface area contributed by atoms with Crippen molar-refractivity contribution >= 4 is 23.2 Å². The molecule has 1 amide bonds. The third-order valence-electron chi connectivity index (χ3n) is 4.14. The quantitative estimate of drug-likeness (QED) is 0.600. The van der Waals surface area contributed by atoms with Gasteiger partial charge in [0.1, 0.15) is 15.6 Å². The molecule has 0 fully saturated rings. The zero-order chi connectivity index (χ0) is 20.8. The Morgan fingerprint density at radius 1 is 1.17 bits per heavy atom. The molecular formula is C21H21N3O4S. The molecule has 0 bridgehead atoms. The van der Waals surface area contributed by atoms with Crippen molar-refractivity contribution < 1.29 is 19.1 Å². The molecule has 29 heavy (non-hydrogen) atoms. The number of nitrogens with one attached hydrogen (secondary N) is 1. The Labute approximate surface area is 172 Å². The Morgan fingerprint density at radius 2 is 1.93 bits per heavy atom. The number of carbonyl (C=O) groups excluding carboxylic acids is 2. The summed E-state index contributed by atoms with van der Waals surface area (Å²) >= 11 is 1.20. The van der Waals surface area contributed by atoms with Crippen LogP contribution in [0.25, 0.3) is 10.7 Å². The molecule has 8 heteroatoms. The number of methoxy groups -OCH3 is 1. The fourth-order valence-corrected chi connectivity index (χ4v) is 3.45. The van der Waals surface area contributed by atoms with Crippen molar-refractivity contribution in [3.63, 3.8) is 0 Å². The number of aromatic nitrogens is 2. The molecule has 1 atom stereocenters. The van der Waals surface area contributed by atoms with Crippen LogP contribution in [-0.2, 0) is 16.1 Å². The van der Waals surface area contributed by atoms with Crippen molar-refractivity contribution in [3.05, 3.63) is 64.8 Å². The minimum absolute atomic E-state index is 0.328. The van der Waals surface area contributed by atoms with Crippen LogP contribution in [0, 0.1) is 6.92 Å². The van der Waals surface area contributed by atoms with Crippen molar-refractivity contribution in [1.29, 1.82) is 0 Å². The summed E-state index contributed by atoms with van der Waals surface area (Å²) in [4.78, 5) is 33.8. The second-order valence-electron chi connectivity index (χ2n) is 6.26. The largest absolute Gasteiger partial charge is 0.497 e. The molecule has 0 unspecified atom stereocenters. The van der Waals surface area contributed by atoms with Crippen molar-refractivity contribution in [2.75, 3.05) is 7.11 Å². The molecule has 2 heterocycles. The number of hydrogen-bond acceptors (Lipinski definition) is 7. The average molecular weight is 411 g/mol. The first-order chi connectivity index (χ1) is 14.0. The molecule has 150 valence electrons. The van der Waals surface area contributed by atoms with Crippen LogP contribution in [0.5, 0.6) is 5.75 Å². The summed E-state index contributed by atoms with van der Waals surface area (Å²) < 4.78 is 10.4. The van der Waals surface area contributed by atoms with E-state index in [4.69, 9.17) is 9.47 Å². The number of ether oxygens (including phenoxy) is 2. The van der Waals surface area contributed by atoms with E-state index < -0.39 is 12.1 Å². The first-order valence-electron chi connectivity index (χ1n) is 8.98. The second-order valence-corrected chi connectivity index (χ2v) is 7.26. The SMILES string of the molecule is COc1ccc(CNC(=O)[C@H](C)OC(=O)c2sc(-c3ccccn3)nc2C)cc1. The summed E-state index contributed by atoms with van der Waals surface area (Å²) in [7, 11) is 1.59. The number of aryl methyl sites for hydroxylation is 1. The van der Waals surface area contributed by atoms with E-state index >= 15 is 0 Å². The van der Waals surface area contributed by atoms with E-state index in [0.29, 0.717) is 27.8 Å². The molecule has 0 radical (unpaired) electrons. The van der Waals surface area contributed by atoms with Crippen molar-refractivity contribution in [2.24, 2.45) is 0 Å². The van der Waals surface area contributed by atoms with Gasteiger partial charge in [-0.2, -0.15) is 0 Å². The molecule has 1 aromatic carbocycles. The summed E-state index contributed by atoms with van der Waals surface area (Å²) in [6.45, 7) is 3.60.